The van der Waals surface area contributed by atoms with Crippen LogP contribution in [0.1, 0.15) is 27.0 Å². The number of hydrogen-bond acceptors (Lipinski definition) is 3. The van der Waals surface area contributed by atoms with Crippen LogP contribution >= 0.6 is 15.9 Å². The molecule has 0 radical (unpaired) electrons. The molecule has 0 aliphatic heterocycles. The summed E-state index contributed by atoms with van der Waals surface area (Å²) in [6.07, 6.45) is 0. The van der Waals surface area contributed by atoms with Crippen LogP contribution in [0.4, 0.5) is 0 Å². The average Bonchev–Trinajstić information content (AvgIpc) is 2.39. The normalized spacial score (nSPS) is 9.58. The van der Waals surface area contributed by atoms with Crippen molar-refractivity contribution in [1.29, 1.82) is 10.5 Å². The fraction of sp³-hybridized carbons (Fsp3) is 0.357. The molecule has 4 nitrogen and oxygen atoms in total. The minimum atomic E-state index is -0.288. The average molecular weight is 320 g/mol. The molecule has 1 rings (SSSR count). The van der Waals surface area contributed by atoms with Crippen molar-refractivity contribution < 1.29 is 4.79 Å². The van der Waals surface area contributed by atoms with Gasteiger partial charge in [0, 0.05) is 10.0 Å². The molecule has 5 heteroatoms. The van der Waals surface area contributed by atoms with E-state index in [2.05, 4.69) is 15.9 Å². The number of nitriles is 2. The van der Waals surface area contributed by atoms with Gasteiger partial charge in [-0.3, -0.25) is 4.79 Å². The molecule has 0 bridgehead atoms. The molecule has 0 fully saturated rings. The van der Waals surface area contributed by atoms with Gasteiger partial charge >= 0.3 is 0 Å². The standard InChI is InChI=1S/C14H14BrN3O/c1-9-10(2)12(8-13(15)11(9)3)14(19)18(6-4-16)7-5-17/h8H,6-7H2,1-3H3. The van der Waals surface area contributed by atoms with Gasteiger partial charge in [0.1, 0.15) is 13.1 Å². The van der Waals surface area contributed by atoms with Crippen LogP contribution in [-0.2, 0) is 0 Å². The Morgan fingerprint density at radius 1 is 1.16 bits per heavy atom. The zero-order chi connectivity index (χ0) is 14.6. The molecule has 0 atom stereocenters. The van der Waals surface area contributed by atoms with Crippen LogP contribution in [-0.4, -0.2) is 23.9 Å². The third-order valence-corrected chi connectivity index (χ3v) is 4.02. The molecule has 0 aliphatic rings. The van der Waals surface area contributed by atoms with E-state index in [0.29, 0.717) is 5.56 Å². The molecule has 0 saturated heterocycles. The summed E-state index contributed by atoms with van der Waals surface area (Å²) < 4.78 is 0.854. The lowest BCUT2D eigenvalue weighted by atomic mass is 9.98. The first-order chi connectivity index (χ1) is 8.93. The van der Waals surface area contributed by atoms with E-state index in [0.717, 1.165) is 21.2 Å². The number of carbonyl (C=O) groups is 1. The molecule has 0 N–H and O–H groups in total. The highest BCUT2D eigenvalue weighted by Gasteiger charge is 2.19. The summed E-state index contributed by atoms with van der Waals surface area (Å²) in [5.41, 5.74) is 3.53. The highest BCUT2D eigenvalue weighted by molar-refractivity contribution is 9.10. The second-order valence-electron chi connectivity index (χ2n) is 4.26. The SMILES string of the molecule is Cc1c(Br)cc(C(=O)N(CC#N)CC#N)c(C)c1C. The van der Waals surface area contributed by atoms with Crippen molar-refractivity contribution in [3.63, 3.8) is 0 Å². The van der Waals surface area contributed by atoms with Gasteiger partial charge in [-0.15, -0.1) is 0 Å². The largest absolute Gasteiger partial charge is 0.312 e. The van der Waals surface area contributed by atoms with Crippen molar-refractivity contribution in [2.45, 2.75) is 20.8 Å². The topological polar surface area (TPSA) is 67.9 Å². The Labute approximate surface area is 121 Å². The fourth-order valence-electron chi connectivity index (χ4n) is 1.77. The van der Waals surface area contributed by atoms with Gasteiger partial charge in [-0.05, 0) is 43.5 Å². The number of benzene rings is 1. The van der Waals surface area contributed by atoms with Crippen molar-refractivity contribution in [2.75, 3.05) is 13.1 Å². The van der Waals surface area contributed by atoms with Crippen molar-refractivity contribution in [3.8, 4) is 12.1 Å². The Balaban J connectivity index is 3.27. The van der Waals surface area contributed by atoms with Gasteiger partial charge in [0.2, 0.25) is 0 Å². The maximum absolute atomic E-state index is 12.4. The molecule has 0 spiro atoms. The molecule has 0 saturated carbocycles. The molecule has 1 amide bonds. The Kier molecular flexibility index (Phi) is 5.09. The maximum atomic E-state index is 12.4. The van der Waals surface area contributed by atoms with Crippen LogP contribution in [0.3, 0.4) is 0 Å². The lowest BCUT2D eigenvalue weighted by molar-refractivity contribution is 0.0794. The highest BCUT2D eigenvalue weighted by atomic mass is 79.9. The van der Waals surface area contributed by atoms with Gasteiger partial charge < -0.3 is 4.90 Å². The monoisotopic (exact) mass is 319 g/mol. The van der Waals surface area contributed by atoms with E-state index in [1.807, 2.05) is 32.9 Å². The van der Waals surface area contributed by atoms with Gasteiger partial charge in [0.15, 0.2) is 0 Å². The second-order valence-corrected chi connectivity index (χ2v) is 5.11. The van der Waals surface area contributed by atoms with Crippen molar-refractivity contribution in [3.05, 3.63) is 32.8 Å². The van der Waals surface area contributed by atoms with E-state index in [9.17, 15) is 4.79 Å². The fourth-order valence-corrected chi connectivity index (χ4v) is 2.29. The van der Waals surface area contributed by atoms with Gasteiger partial charge in [0.05, 0.1) is 12.1 Å². The third-order valence-electron chi connectivity index (χ3n) is 3.20. The van der Waals surface area contributed by atoms with Crippen LogP contribution in [0.2, 0.25) is 0 Å². The van der Waals surface area contributed by atoms with Crippen molar-refractivity contribution in [1.82, 2.24) is 4.90 Å². The molecule has 1 aromatic carbocycles. The lowest BCUT2D eigenvalue weighted by Gasteiger charge is -2.19. The first-order valence-corrected chi connectivity index (χ1v) is 6.52. The first-order valence-electron chi connectivity index (χ1n) is 5.73. The van der Waals surface area contributed by atoms with Crippen LogP contribution in [0.15, 0.2) is 10.5 Å². The summed E-state index contributed by atoms with van der Waals surface area (Å²) in [5, 5.41) is 17.4. The number of nitrogens with zero attached hydrogens (tertiary/aromatic N) is 3. The Hall–Kier alpha value is -1.85. The molecule has 0 heterocycles. The number of carbonyl (C=O) groups excluding carboxylic acids is 1. The maximum Gasteiger partial charge on any atom is 0.255 e. The zero-order valence-corrected chi connectivity index (χ0v) is 12.7. The van der Waals surface area contributed by atoms with Crippen molar-refractivity contribution in [2.24, 2.45) is 0 Å². The molecule has 1 aromatic rings. The van der Waals surface area contributed by atoms with E-state index in [1.54, 1.807) is 6.07 Å². The first kappa shape index (κ1) is 15.2. The molecule has 19 heavy (non-hydrogen) atoms. The van der Waals surface area contributed by atoms with E-state index in [-0.39, 0.29) is 19.0 Å². The second kappa shape index (κ2) is 6.36. The van der Waals surface area contributed by atoms with E-state index in [1.165, 1.54) is 4.90 Å². The Bertz CT molecular complexity index is 580. The molecular formula is C14H14BrN3O. The van der Waals surface area contributed by atoms with Crippen LogP contribution in [0.25, 0.3) is 0 Å². The molecule has 0 unspecified atom stereocenters. The van der Waals surface area contributed by atoms with Gasteiger partial charge in [-0.2, -0.15) is 10.5 Å². The molecule has 98 valence electrons. The summed E-state index contributed by atoms with van der Waals surface area (Å²) in [4.78, 5) is 13.6. The number of hydrogen-bond donors (Lipinski definition) is 0. The minimum Gasteiger partial charge on any atom is -0.312 e. The third kappa shape index (κ3) is 3.13. The Morgan fingerprint density at radius 2 is 1.68 bits per heavy atom. The van der Waals surface area contributed by atoms with Crippen LogP contribution < -0.4 is 0 Å². The van der Waals surface area contributed by atoms with Crippen LogP contribution in [0, 0.1) is 43.4 Å². The summed E-state index contributed by atoms with van der Waals surface area (Å²) >= 11 is 3.43. The highest BCUT2D eigenvalue weighted by Crippen LogP contribution is 2.26. The molecular weight excluding hydrogens is 306 g/mol. The molecule has 0 aliphatic carbocycles. The minimum absolute atomic E-state index is 0.0869. The predicted molar refractivity (Wildman–Crippen MR) is 75.5 cm³/mol. The number of amides is 1. The van der Waals surface area contributed by atoms with Gasteiger partial charge in [0.25, 0.3) is 5.91 Å². The quantitative estimate of drug-likeness (QED) is 0.804. The van der Waals surface area contributed by atoms with E-state index >= 15 is 0 Å². The summed E-state index contributed by atoms with van der Waals surface area (Å²) in [5.74, 6) is -0.288. The summed E-state index contributed by atoms with van der Waals surface area (Å²) in [6, 6.07) is 5.56. The lowest BCUT2D eigenvalue weighted by Crippen LogP contribution is -2.32. The smallest absolute Gasteiger partial charge is 0.255 e. The van der Waals surface area contributed by atoms with Crippen molar-refractivity contribution >= 4 is 21.8 Å². The summed E-state index contributed by atoms with van der Waals surface area (Å²) in [7, 11) is 0. The number of halogens is 1. The molecule has 0 aromatic heterocycles. The zero-order valence-electron chi connectivity index (χ0n) is 11.1. The van der Waals surface area contributed by atoms with Gasteiger partial charge in [-0.25, -0.2) is 0 Å². The predicted octanol–water partition coefficient (Wildman–Crippen LogP) is 2.86. The van der Waals surface area contributed by atoms with E-state index < -0.39 is 0 Å². The van der Waals surface area contributed by atoms with E-state index in [4.69, 9.17) is 10.5 Å². The Morgan fingerprint density at radius 3 is 2.16 bits per heavy atom. The van der Waals surface area contributed by atoms with Gasteiger partial charge in [-0.1, -0.05) is 15.9 Å². The summed E-state index contributed by atoms with van der Waals surface area (Å²) in [6.45, 7) is 5.62. The number of rotatable bonds is 3. The van der Waals surface area contributed by atoms with Crippen LogP contribution in [0.5, 0.6) is 0 Å².